The lowest BCUT2D eigenvalue weighted by atomic mass is 10.1. The highest BCUT2D eigenvalue weighted by atomic mass is 16.5. The van der Waals surface area contributed by atoms with Gasteiger partial charge in [0, 0.05) is 38.3 Å². The molecule has 1 aliphatic heterocycles. The van der Waals surface area contributed by atoms with Gasteiger partial charge in [0.1, 0.15) is 12.1 Å². The number of amides is 2. The van der Waals surface area contributed by atoms with E-state index in [4.69, 9.17) is 10.5 Å². The molecule has 30 heavy (non-hydrogen) atoms. The number of carbonyl (C=O) groups is 2. The van der Waals surface area contributed by atoms with Gasteiger partial charge in [-0.05, 0) is 17.7 Å². The van der Waals surface area contributed by atoms with E-state index in [0.717, 1.165) is 30.8 Å². The van der Waals surface area contributed by atoms with Gasteiger partial charge in [0.2, 0.25) is 5.91 Å². The first-order chi connectivity index (χ1) is 14.6. The molecular weight excluding hydrogens is 384 g/mol. The average Bonchev–Trinajstić information content (AvgIpc) is 2.77. The van der Waals surface area contributed by atoms with Gasteiger partial charge in [-0.25, -0.2) is 9.97 Å². The number of morpholine rings is 1. The van der Waals surface area contributed by atoms with Crippen molar-refractivity contribution >= 4 is 17.6 Å². The van der Waals surface area contributed by atoms with E-state index in [9.17, 15) is 9.59 Å². The first-order valence-corrected chi connectivity index (χ1v) is 10.1. The predicted octanol–water partition coefficient (Wildman–Crippen LogP) is 0.716. The molecule has 0 aliphatic carbocycles. The summed E-state index contributed by atoms with van der Waals surface area (Å²) >= 11 is 0. The maximum Gasteiger partial charge on any atom is 0.256 e. The van der Waals surface area contributed by atoms with Crippen molar-refractivity contribution < 1.29 is 14.3 Å². The van der Waals surface area contributed by atoms with Crippen molar-refractivity contribution in [1.29, 1.82) is 0 Å². The molecular formula is C21H28N6O3. The van der Waals surface area contributed by atoms with Gasteiger partial charge in [-0.15, -0.1) is 0 Å². The van der Waals surface area contributed by atoms with Crippen LogP contribution >= 0.6 is 0 Å². The molecule has 9 heteroatoms. The lowest BCUT2D eigenvalue weighted by Gasteiger charge is -2.34. The van der Waals surface area contributed by atoms with Gasteiger partial charge in [-0.3, -0.25) is 14.5 Å². The number of carbonyl (C=O) groups excluding carboxylic acids is 2. The molecule has 2 heterocycles. The highest BCUT2D eigenvalue weighted by Gasteiger charge is 2.23. The fourth-order valence-corrected chi connectivity index (χ4v) is 3.35. The zero-order valence-electron chi connectivity index (χ0n) is 17.1. The van der Waals surface area contributed by atoms with Crippen molar-refractivity contribution in [1.82, 2.24) is 25.5 Å². The maximum atomic E-state index is 12.3. The topological polar surface area (TPSA) is 122 Å². The molecule has 1 atom stereocenters. The molecule has 160 valence electrons. The van der Waals surface area contributed by atoms with Gasteiger partial charge in [0.15, 0.2) is 0 Å². The molecule has 0 radical (unpaired) electrons. The van der Waals surface area contributed by atoms with E-state index < -0.39 is 0 Å². The fraction of sp³-hybridized carbons (Fsp3) is 0.429. The normalized spacial score (nSPS) is 16.8. The third-order valence-electron chi connectivity index (χ3n) is 5.13. The summed E-state index contributed by atoms with van der Waals surface area (Å²) in [5, 5.41) is 5.77. The van der Waals surface area contributed by atoms with Crippen LogP contribution in [-0.4, -0.2) is 59.0 Å². The number of likely N-dealkylation sites (N-methyl/N-ethyl adjacent to an activating group) is 1. The molecule has 1 saturated heterocycles. The van der Waals surface area contributed by atoms with E-state index in [1.165, 1.54) is 12.5 Å². The molecule has 1 aliphatic rings. The minimum absolute atomic E-state index is 0.0166. The summed E-state index contributed by atoms with van der Waals surface area (Å²) < 4.78 is 5.50. The lowest BCUT2D eigenvalue weighted by molar-refractivity contribution is -0.124. The molecule has 4 N–H and O–H groups in total. The second-order valence-corrected chi connectivity index (χ2v) is 7.16. The standard InChI is InChI=1S/C21H28N6O3/c1-2-27-7-8-30-13-17(27)9-19(28)24-10-15-3-5-16(6-4-15)11-25-21(29)18-12-23-14-26-20(18)22/h3-6,12,14,17H,2,7-11,13H2,1H3,(H,24,28)(H,25,29)(H2,22,23,26). The van der Waals surface area contributed by atoms with E-state index in [2.05, 4.69) is 32.4 Å². The Hall–Kier alpha value is -3.04. The van der Waals surface area contributed by atoms with E-state index in [1.807, 2.05) is 24.3 Å². The minimum atomic E-state index is -0.322. The Labute approximate surface area is 176 Å². The number of benzene rings is 1. The third-order valence-corrected chi connectivity index (χ3v) is 5.13. The van der Waals surface area contributed by atoms with Crippen LogP contribution in [0.15, 0.2) is 36.8 Å². The summed E-state index contributed by atoms with van der Waals surface area (Å²) in [5.41, 5.74) is 7.87. The molecule has 0 saturated carbocycles. The number of aromatic nitrogens is 2. The van der Waals surface area contributed by atoms with Gasteiger partial charge in [-0.1, -0.05) is 31.2 Å². The quantitative estimate of drug-likeness (QED) is 0.584. The van der Waals surface area contributed by atoms with E-state index in [0.29, 0.717) is 26.1 Å². The molecule has 1 aromatic carbocycles. The number of ether oxygens (including phenoxy) is 1. The van der Waals surface area contributed by atoms with Crippen molar-refractivity contribution in [3.63, 3.8) is 0 Å². The van der Waals surface area contributed by atoms with E-state index >= 15 is 0 Å². The van der Waals surface area contributed by atoms with E-state index in [-0.39, 0.29) is 29.2 Å². The van der Waals surface area contributed by atoms with Crippen LogP contribution in [0.4, 0.5) is 5.82 Å². The number of hydrogen-bond acceptors (Lipinski definition) is 7. The van der Waals surface area contributed by atoms with Crippen molar-refractivity contribution in [2.45, 2.75) is 32.5 Å². The molecule has 2 amide bonds. The van der Waals surface area contributed by atoms with Crippen LogP contribution in [0.25, 0.3) is 0 Å². The number of nitrogens with one attached hydrogen (secondary N) is 2. The molecule has 1 fully saturated rings. The molecule has 1 unspecified atom stereocenters. The number of nitrogens with zero attached hydrogens (tertiary/aromatic N) is 3. The Balaban J connectivity index is 1.43. The maximum absolute atomic E-state index is 12.3. The Morgan fingerprint density at radius 2 is 1.90 bits per heavy atom. The van der Waals surface area contributed by atoms with Crippen molar-refractivity contribution in [2.75, 3.05) is 32.0 Å². The van der Waals surface area contributed by atoms with Crippen LogP contribution in [-0.2, 0) is 22.6 Å². The molecule has 9 nitrogen and oxygen atoms in total. The van der Waals surface area contributed by atoms with Gasteiger partial charge < -0.3 is 21.1 Å². The van der Waals surface area contributed by atoms with Crippen molar-refractivity contribution in [3.8, 4) is 0 Å². The minimum Gasteiger partial charge on any atom is -0.383 e. The highest BCUT2D eigenvalue weighted by molar-refractivity contribution is 5.97. The Morgan fingerprint density at radius 1 is 1.20 bits per heavy atom. The van der Waals surface area contributed by atoms with Crippen LogP contribution in [0, 0.1) is 0 Å². The molecule has 2 aromatic rings. The molecule has 0 bridgehead atoms. The van der Waals surface area contributed by atoms with Crippen molar-refractivity contribution in [3.05, 3.63) is 53.5 Å². The summed E-state index contributed by atoms with van der Waals surface area (Å²) in [7, 11) is 0. The predicted molar refractivity (Wildman–Crippen MR) is 112 cm³/mol. The van der Waals surface area contributed by atoms with Crippen molar-refractivity contribution in [2.24, 2.45) is 0 Å². The number of rotatable bonds is 8. The summed E-state index contributed by atoms with van der Waals surface area (Å²) in [5.74, 6) is -0.157. The third kappa shape index (κ3) is 5.98. The van der Waals surface area contributed by atoms with Gasteiger partial charge >= 0.3 is 0 Å². The first-order valence-electron chi connectivity index (χ1n) is 10.1. The van der Waals surface area contributed by atoms with Gasteiger partial charge in [0.05, 0.1) is 18.8 Å². The van der Waals surface area contributed by atoms with E-state index in [1.54, 1.807) is 0 Å². The summed E-state index contributed by atoms with van der Waals surface area (Å²) in [6, 6.07) is 7.84. The highest BCUT2D eigenvalue weighted by Crippen LogP contribution is 2.11. The zero-order valence-corrected chi connectivity index (χ0v) is 17.1. The SMILES string of the molecule is CCN1CCOCC1CC(=O)NCc1ccc(CNC(=O)c2cncnc2N)cc1. The van der Waals surface area contributed by atoms with Crippen LogP contribution in [0.3, 0.4) is 0 Å². The molecule has 1 aromatic heterocycles. The zero-order chi connectivity index (χ0) is 21.3. The second-order valence-electron chi connectivity index (χ2n) is 7.16. The van der Waals surface area contributed by atoms with Crippen LogP contribution in [0.1, 0.15) is 34.8 Å². The number of hydrogen-bond donors (Lipinski definition) is 3. The molecule has 0 spiro atoms. The van der Waals surface area contributed by atoms with Gasteiger partial charge in [0.25, 0.3) is 5.91 Å². The first kappa shape index (κ1) is 21.7. The monoisotopic (exact) mass is 412 g/mol. The number of nitrogen functional groups attached to an aromatic ring is 1. The summed E-state index contributed by atoms with van der Waals surface area (Å²) in [6.07, 6.45) is 3.12. The smallest absolute Gasteiger partial charge is 0.256 e. The molecule has 3 rings (SSSR count). The Morgan fingerprint density at radius 3 is 2.57 bits per heavy atom. The number of anilines is 1. The van der Waals surface area contributed by atoms with Gasteiger partial charge in [-0.2, -0.15) is 0 Å². The average molecular weight is 412 g/mol. The summed E-state index contributed by atoms with van der Waals surface area (Å²) in [4.78, 5) is 34.4. The Kier molecular flexibility index (Phi) is 7.69. The Bertz CT molecular complexity index is 858. The van der Waals surface area contributed by atoms with Crippen LogP contribution < -0.4 is 16.4 Å². The second kappa shape index (κ2) is 10.7. The number of nitrogens with two attached hydrogens (primary N) is 1. The van der Waals surface area contributed by atoms with Crippen LogP contribution in [0.5, 0.6) is 0 Å². The summed E-state index contributed by atoms with van der Waals surface area (Å²) in [6.45, 7) is 6.04. The largest absolute Gasteiger partial charge is 0.383 e. The lowest BCUT2D eigenvalue weighted by Crippen LogP contribution is -2.47. The van der Waals surface area contributed by atoms with Crippen LogP contribution in [0.2, 0.25) is 0 Å². The fourth-order valence-electron chi connectivity index (χ4n) is 3.35.